The lowest BCUT2D eigenvalue weighted by Crippen LogP contribution is -2.31. The van der Waals surface area contributed by atoms with Gasteiger partial charge in [-0.2, -0.15) is 9.57 Å². The molecule has 0 aromatic heterocycles. The molecule has 1 N–H and O–H groups in total. The molecule has 7 heteroatoms. The summed E-state index contributed by atoms with van der Waals surface area (Å²) in [4.78, 5) is -0.00222. The van der Waals surface area contributed by atoms with Crippen LogP contribution in [0, 0.1) is 17.2 Å². The molecule has 5 nitrogen and oxygen atoms in total. The zero-order valence-corrected chi connectivity index (χ0v) is 12.7. The number of hydrogen-bond acceptors (Lipinski definition) is 4. The highest BCUT2D eigenvalue weighted by atomic mass is 35.5. The van der Waals surface area contributed by atoms with Gasteiger partial charge in [0, 0.05) is 18.1 Å². The number of hydrogen-bond donors (Lipinski definition) is 1. The lowest BCUT2D eigenvalue weighted by Gasteiger charge is -2.17. The van der Waals surface area contributed by atoms with Gasteiger partial charge in [0.25, 0.3) is 0 Å². The van der Waals surface area contributed by atoms with Crippen LogP contribution in [0.1, 0.15) is 12.0 Å². The summed E-state index contributed by atoms with van der Waals surface area (Å²) in [5.41, 5.74) is 0.131. The maximum Gasteiger partial charge on any atom is 0.244 e. The molecule has 1 aromatic rings. The minimum absolute atomic E-state index is 0.00222. The maximum atomic E-state index is 12.6. The number of nitriles is 1. The van der Waals surface area contributed by atoms with Gasteiger partial charge in [0.1, 0.15) is 11.0 Å². The van der Waals surface area contributed by atoms with Crippen molar-refractivity contribution in [2.75, 3.05) is 26.7 Å². The Kier molecular flexibility index (Phi) is 4.66. The first-order valence-corrected chi connectivity index (χ1v) is 8.15. The molecule has 0 radical (unpaired) electrons. The van der Waals surface area contributed by atoms with Crippen LogP contribution < -0.4 is 5.32 Å². The molecule has 1 heterocycles. The number of sulfonamides is 1. The Balaban J connectivity index is 2.32. The molecule has 0 amide bonds. The van der Waals surface area contributed by atoms with Crippen LogP contribution in [0.2, 0.25) is 5.02 Å². The minimum Gasteiger partial charge on any atom is -0.319 e. The normalized spacial score (nSPS) is 19.9. The first kappa shape index (κ1) is 15.3. The first-order valence-electron chi connectivity index (χ1n) is 6.33. The van der Waals surface area contributed by atoms with Crippen LogP contribution in [-0.2, 0) is 10.0 Å². The van der Waals surface area contributed by atoms with E-state index in [9.17, 15) is 8.42 Å². The molecular formula is C13H16ClN3O2S. The molecular weight excluding hydrogens is 298 g/mol. The molecule has 0 spiro atoms. The van der Waals surface area contributed by atoms with Gasteiger partial charge in [0.15, 0.2) is 0 Å². The average Bonchev–Trinajstić information content (AvgIpc) is 2.88. The Bertz CT molecular complexity index is 640. The summed E-state index contributed by atoms with van der Waals surface area (Å²) in [6, 6.07) is 6.22. The highest BCUT2D eigenvalue weighted by Gasteiger charge is 2.33. The molecule has 20 heavy (non-hydrogen) atoms. The van der Waals surface area contributed by atoms with Crippen LogP contribution in [-0.4, -0.2) is 39.4 Å². The Labute approximate surface area is 124 Å². The topological polar surface area (TPSA) is 73.2 Å². The van der Waals surface area contributed by atoms with Crippen molar-refractivity contribution >= 4 is 21.6 Å². The highest BCUT2D eigenvalue weighted by Crippen LogP contribution is 2.27. The molecule has 0 aliphatic carbocycles. The van der Waals surface area contributed by atoms with Crippen LogP contribution in [0.3, 0.4) is 0 Å². The Hall–Kier alpha value is -1.13. The zero-order valence-electron chi connectivity index (χ0n) is 11.1. The fraction of sp³-hybridized carbons (Fsp3) is 0.462. The standard InChI is InChI=1S/C13H16ClN3O2S/c1-16-8-10-4-5-17(9-10)20(18,19)13-6-12(14)3-2-11(13)7-15/h2-3,6,10,16H,4-5,8-9H2,1H3. The van der Waals surface area contributed by atoms with E-state index in [1.165, 1.54) is 22.5 Å². The van der Waals surface area contributed by atoms with Crippen molar-refractivity contribution in [3.63, 3.8) is 0 Å². The predicted octanol–water partition coefficient (Wildman–Crippen LogP) is 1.44. The van der Waals surface area contributed by atoms with E-state index < -0.39 is 10.0 Å². The Morgan fingerprint density at radius 2 is 2.30 bits per heavy atom. The van der Waals surface area contributed by atoms with Crippen molar-refractivity contribution in [1.82, 2.24) is 9.62 Å². The monoisotopic (exact) mass is 313 g/mol. The summed E-state index contributed by atoms with van der Waals surface area (Å²) in [5, 5.41) is 12.4. The largest absolute Gasteiger partial charge is 0.319 e. The van der Waals surface area contributed by atoms with Gasteiger partial charge in [-0.05, 0) is 44.1 Å². The number of nitrogens with one attached hydrogen (secondary N) is 1. The van der Waals surface area contributed by atoms with Gasteiger partial charge < -0.3 is 5.32 Å². The van der Waals surface area contributed by atoms with E-state index in [4.69, 9.17) is 16.9 Å². The van der Waals surface area contributed by atoms with Crippen molar-refractivity contribution < 1.29 is 8.42 Å². The molecule has 1 aliphatic heterocycles. The molecule has 1 aliphatic rings. The van der Waals surface area contributed by atoms with Gasteiger partial charge in [-0.15, -0.1) is 0 Å². The summed E-state index contributed by atoms with van der Waals surface area (Å²) in [6.45, 7) is 1.74. The summed E-state index contributed by atoms with van der Waals surface area (Å²) in [6.07, 6.45) is 0.822. The van der Waals surface area contributed by atoms with Crippen LogP contribution >= 0.6 is 11.6 Å². The molecule has 1 aromatic carbocycles. The van der Waals surface area contributed by atoms with Gasteiger partial charge in [-0.25, -0.2) is 8.42 Å². The van der Waals surface area contributed by atoms with Crippen LogP contribution in [0.25, 0.3) is 0 Å². The van der Waals surface area contributed by atoms with E-state index >= 15 is 0 Å². The smallest absolute Gasteiger partial charge is 0.244 e. The lowest BCUT2D eigenvalue weighted by atomic mass is 10.1. The lowest BCUT2D eigenvalue weighted by molar-refractivity contribution is 0.451. The van der Waals surface area contributed by atoms with E-state index in [1.807, 2.05) is 13.1 Å². The third kappa shape index (κ3) is 2.96. The van der Waals surface area contributed by atoms with Crippen molar-refractivity contribution in [3.05, 3.63) is 28.8 Å². The predicted molar refractivity (Wildman–Crippen MR) is 77.0 cm³/mol. The van der Waals surface area contributed by atoms with Gasteiger partial charge in [0.05, 0.1) is 5.56 Å². The van der Waals surface area contributed by atoms with Gasteiger partial charge in [0.2, 0.25) is 10.0 Å². The highest BCUT2D eigenvalue weighted by molar-refractivity contribution is 7.89. The van der Waals surface area contributed by atoms with Crippen LogP contribution in [0.4, 0.5) is 0 Å². The summed E-state index contributed by atoms with van der Waals surface area (Å²) < 4.78 is 26.7. The van der Waals surface area contributed by atoms with Crippen molar-refractivity contribution in [2.45, 2.75) is 11.3 Å². The quantitative estimate of drug-likeness (QED) is 0.913. The van der Waals surface area contributed by atoms with Crippen LogP contribution in [0.15, 0.2) is 23.1 Å². The molecule has 1 unspecified atom stereocenters. The fourth-order valence-electron chi connectivity index (χ4n) is 2.41. The van der Waals surface area contributed by atoms with Crippen molar-refractivity contribution in [1.29, 1.82) is 5.26 Å². The summed E-state index contributed by atoms with van der Waals surface area (Å²) in [7, 11) is -1.81. The molecule has 1 atom stereocenters. The summed E-state index contributed by atoms with van der Waals surface area (Å²) >= 11 is 5.86. The number of halogens is 1. The second-order valence-electron chi connectivity index (χ2n) is 4.83. The third-order valence-electron chi connectivity index (χ3n) is 3.42. The molecule has 0 saturated carbocycles. The van der Waals surface area contributed by atoms with Gasteiger partial charge in [-0.1, -0.05) is 11.6 Å². The Morgan fingerprint density at radius 3 is 2.95 bits per heavy atom. The average molecular weight is 314 g/mol. The second kappa shape index (κ2) is 6.10. The van der Waals surface area contributed by atoms with E-state index in [0.29, 0.717) is 24.0 Å². The zero-order chi connectivity index (χ0) is 14.8. The number of benzene rings is 1. The number of rotatable bonds is 4. The second-order valence-corrected chi connectivity index (χ2v) is 7.17. The SMILES string of the molecule is CNCC1CCN(S(=O)(=O)c2cc(Cl)ccc2C#N)C1. The van der Waals surface area contributed by atoms with Crippen molar-refractivity contribution in [2.24, 2.45) is 5.92 Å². The molecule has 108 valence electrons. The maximum absolute atomic E-state index is 12.6. The van der Waals surface area contributed by atoms with E-state index in [0.717, 1.165) is 13.0 Å². The third-order valence-corrected chi connectivity index (χ3v) is 5.56. The fourth-order valence-corrected chi connectivity index (χ4v) is 4.35. The molecule has 0 bridgehead atoms. The van der Waals surface area contributed by atoms with Gasteiger partial charge >= 0.3 is 0 Å². The molecule has 1 saturated heterocycles. The van der Waals surface area contributed by atoms with Gasteiger partial charge in [-0.3, -0.25) is 0 Å². The van der Waals surface area contributed by atoms with E-state index in [1.54, 1.807) is 0 Å². The van der Waals surface area contributed by atoms with Crippen molar-refractivity contribution in [3.8, 4) is 6.07 Å². The van der Waals surface area contributed by atoms with Crippen LogP contribution in [0.5, 0.6) is 0 Å². The molecule has 1 fully saturated rings. The van der Waals surface area contributed by atoms with E-state index in [-0.39, 0.29) is 10.5 Å². The molecule has 2 rings (SSSR count). The Morgan fingerprint density at radius 1 is 1.55 bits per heavy atom. The first-order chi connectivity index (χ1) is 9.48. The summed E-state index contributed by atoms with van der Waals surface area (Å²) in [5.74, 6) is 0.305. The minimum atomic E-state index is -3.66. The number of nitrogens with zero attached hydrogens (tertiary/aromatic N) is 2. The van der Waals surface area contributed by atoms with E-state index in [2.05, 4.69) is 5.32 Å².